The molecule has 0 radical (unpaired) electrons. The molecule has 8 nitrogen and oxygen atoms in total. The number of benzene rings is 1. The Morgan fingerprint density at radius 1 is 1.26 bits per heavy atom. The van der Waals surface area contributed by atoms with E-state index in [9.17, 15) is 9.59 Å². The van der Waals surface area contributed by atoms with Crippen molar-refractivity contribution in [2.75, 3.05) is 5.32 Å². The Hall–Kier alpha value is -3.29. The number of aryl methyl sites for hydroxylation is 2. The highest BCUT2D eigenvalue weighted by Crippen LogP contribution is 2.17. The Labute approximate surface area is 156 Å². The fourth-order valence-corrected chi connectivity index (χ4v) is 2.52. The minimum absolute atomic E-state index is 0.199. The number of amides is 1. The van der Waals surface area contributed by atoms with Gasteiger partial charge >= 0.3 is 0 Å². The summed E-state index contributed by atoms with van der Waals surface area (Å²) in [6.45, 7) is 6.77. The van der Waals surface area contributed by atoms with Crippen LogP contribution in [0.1, 0.15) is 36.5 Å². The number of anilines is 1. The standard InChI is InChI=1S/C19H22N6O2/c1-12(2)8-9-25-11-16(23-24-25)19(27)21-15-6-4-14(5-7-15)18-20-13(3)10-17(26)22-18/h4-7,10-12H,8-9H2,1-3H3,(H,21,27)(H,20,22,26). The molecule has 2 aromatic heterocycles. The maximum Gasteiger partial charge on any atom is 0.277 e. The highest BCUT2D eigenvalue weighted by atomic mass is 16.2. The van der Waals surface area contributed by atoms with Gasteiger partial charge in [-0.2, -0.15) is 0 Å². The van der Waals surface area contributed by atoms with Crippen LogP contribution in [0.15, 0.2) is 41.3 Å². The van der Waals surface area contributed by atoms with Crippen molar-refractivity contribution in [1.82, 2.24) is 25.0 Å². The lowest BCUT2D eigenvalue weighted by Gasteiger charge is -2.05. The van der Waals surface area contributed by atoms with Gasteiger partial charge in [0.15, 0.2) is 5.69 Å². The fourth-order valence-electron chi connectivity index (χ4n) is 2.52. The van der Waals surface area contributed by atoms with Crippen LogP contribution < -0.4 is 10.9 Å². The van der Waals surface area contributed by atoms with E-state index in [1.54, 1.807) is 42.1 Å². The van der Waals surface area contributed by atoms with Crippen molar-refractivity contribution in [2.45, 2.75) is 33.7 Å². The summed E-state index contributed by atoms with van der Waals surface area (Å²) in [5, 5.41) is 10.7. The van der Waals surface area contributed by atoms with Crippen LogP contribution in [0.3, 0.4) is 0 Å². The molecule has 2 heterocycles. The third-order valence-electron chi connectivity index (χ3n) is 3.99. The smallest absolute Gasteiger partial charge is 0.277 e. The molecule has 0 atom stereocenters. The first-order chi connectivity index (χ1) is 12.9. The quantitative estimate of drug-likeness (QED) is 0.698. The molecule has 0 aliphatic carbocycles. The second-order valence-electron chi connectivity index (χ2n) is 6.82. The summed E-state index contributed by atoms with van der Waals surface area (Å²) < 4.78 is 1.68. The van der Waals surface area contributed by atoms with Crippen LogP contribution in [0.2, 0.25) is 0 Å². The third kappa shape index (κ3) is 4.87. The van der Waals surface area contributed by atoms with E-state index in [0.717, 1.165) is 18.5 Å². The molecule has 0 spiro atoms. The Balaban J connectivity index is 1.67. The monoisotopic (exact) mass is 366 g/mol. The minimum Gasteiger partial charge on any atom is -0.321 e. The summed E-state index contributed by atoms with van der Waals surface area (Å²) in [4.78, 5) is 30.9. The molecule has 0 saturated heterocycles. The van der Waals surface area contributed by atoms with Crippen LogP contribution in [-0.2, 0) is 6.54 Å². The number of nitrogens with zero attached hydrogens (tertiary/aromatic N) is 4. The average Bonchev–Trinajstić information content (AvgIpc) is 3.09. The van der Waals surface area contributed by atoms with E-state index in [1.165, 1.54) is 6.07 Å². The predicted octanol–water partition coefficient (Wildman–Crippen LogP) is 2.64. The number of hydrogen-bond acceptors (Lipinski definition) is 5. The van der Waals surface area contributed by atoms with Crippen LogP contribution in [0.4, 0.5) is 5.69 Å². The van der Waals surface area contributed by atoms with Gasteiger partial charge in [-0.3, -0.25) is 14.3 Å². The zero-order chi connectivity index (χ0) is 19.4. The molecule has 2 N–H and O–H groups in total. The molecular formula is C19H22N6O2. The number of aromatic nitrogens is 5. The van der Waals surface area contributed by atoms with Crippen molar-refractivity contribution in [3.05, 3.63) is 58.3 Å². The van der Waals surface area contributed by atoms with Gasteiger partial charge < -0.3 is 10.3 Å². The summed E-state index contributed by atoms with van der Waals surface area (Å²) in [6.07, 6.45) is 2.62. The van der Waals surface area contributed by atoms with Crippen molar-refractivity contribution in [1.29, 1.82) is 0 Å². The molecule has 1 aromatic carbocycles. The average molecular weight is 366 g/mol. The van der Waals surface area contributed by atoms with Gasteiger partial charge in [0.1, 0.15) is 5.82 Å². The molecule has 0 unspecified atom stereocenters. The molecule has 0 aliphatic rings. The zero-order valence-electron chi connectivity index (χ0n) is 15.6. The molecule has 0 bridgehead atoms. The van der Waals surface area contributed by atoms with E-state index in [-0.39, 0.29) is 17.2 Å². The first kappa shape index (κ1) is 18.5. The number of carbonyl (C=O) groups excluding carboxylic acids is 1. The van der Waals surface area contributed by atoms with Crippen molar-refractivity contribution >= 4 is 11.6 Å². The normalized spacial score (nSPS) is 11.0. The topological polar surface area (TPSA) is 106 Å². The second kappa shape index (κ2) is 7.94. The van der Waals surface area contributed by atoms with Crippen LogP contribution in [0.5, 0.6) is 0 Å². The fraction of sp³-hybridized carbons (Fsp3) is 0.316. The van der Waals surface area contributed by atoms with Gasteiger partial charge in [-0.15, -0.1) is 5.10 Å². The van der Waals surface area contributed by atoms with Gasteiger partial charge in [0.2, 0.25) is 0 Å². The molecular weight excluding hydrogens is 344 g/mol. The minimum atomic E-state index is -0.319. The summed E-state index contributed by atoms with van der Waals surface area (Å²) in [5.41, 5.74) is 2.10. The summed E-state index contributed by atoms with van der Waals surface area (Å²) in [7, 11) is 0. The first-order valence-electron chi connectivity index (χ1n) is 8.80. The third-order valence-corrected chi connectivity index (χ3v) is 3.99. The number of nitrogens with one attached hydrogen (secondary N) is 2. The summed E-state index contributed by atoms with van der Waals surface area (Å²) in [5.74, 6) is 0.731. The first-order valence-corrected chi connectivity index (χ1v) is 8.80. The Morgan fingerprint density at radius 2 is 2.00 bits per heavy atom. The SMILES string of the molecule is Cc1cc(=O)[nH]c(-c2ccc(NC(=O)c3cn(CCC(C)C)nn3)cc2)n1. The molecule has 140 valence electrons. The predicted molar refractivity (Wildman–Crippen MR) is 102 cm³/mol. The molecule has 3 aromatic rings. The van der Waals surface area contributed by atoms with E-state index in [4.69, 9.17) is 0 Å². The zero-order valence-corrected chi connectivity index (χ0v) is 15.6. The van der Waals surface area contributed by atoms with Crippen LogP contribution in [0.25, 0.3) is 11.4 Å². The van der Waals surface area contributed by atoms with E-state index >= 15 is 0 Å². The van der Waals surface area contributed by atoms with Crippen molar-refractivity contribution < 1.29 is 4.79 Å². The van der Waals surface area contributed by atoms with Crippen molar-refractivity contribution in [2.24, 2.45) is 5.92 Å². The molecule has 0 fully saturated rings. The van der Waals surface area contributed by atoms with Gasteiger partial charge in [-0.25, -0.2) is 4.98 Å². The number of hydrogen-bond donors (Lipinski definition) is 2. The molecule has 3 rings (SSSR count). The molecule has 0 saturated carbocycles. The van der Waals surface area contributed by atoms with Gasteiger partial charge in [0.05, 0.1) is 6.20 Å². The van der Waals surface area contributed by atoms with E-state index < -0.39 is 0 Å². The maximum atomic E-state index is 12.3. The number of rotatable bonds is 6. The van der Waals surface area contributed by atoms with Crippen LogP contribution in [-0.4, -0.2) is 30.9 Å². The lowest BCUT2D eigenvalue weighted by molar-refractivity contribution is 0.102. The number of carbonyl (C=O) groups is 1. The maximum absolute atomic E-state index is 12.3. The van der Waals surface area contributed by atoms with Crippen LogP contribution >= 0.6 is 0 Å². The second-order valence-corrected chi connectivity index (χ2v) is 6.82. The Kier molecular flexibility index (Phi) is 5.44. The van der Waals surface area contributed by atoms with E-state index in [2.05, 4.69) is 39.4 Å². The Morgan fingerprint density at radius 3 is 2.67 bits per heavy atom. The van der Waals surface area contributed by atoms with Crippen molar-refractivity contribution in [3.63, 3.8) is 0 Å². The van der Waals surface area contributed by atoms with Crippen molar-refractivity contribution in [3.8, 4) is 11.4 Å². The largest absolute Gasteiger partial charge is 0.321 e. The van der Waals surface area contributed by atoms with Gasteiger partial charge in [-0.05, 0) is 43.5 Å². The van der Waals surface area contributed by atoms with E-state index in [0.29, 0.717) is 23.1 Å². The van der Waals surface area contributed by atoms with Crippen LogP contribution in [0, 0.1) is 12.8 Å². The van der Waals surface area contributed by atoms with E-state index in [1.807, 2.05) is 0 Å². The van der Waals surface area contributed by atoms with Gasteiger partial charge in [-0.1, -0.05) is 19.1 Å². The highest BCUT2D eigenvalue weighted by Gasteiger charge is 2.12. The number of H-pyrrole nitrogens is 1. The molecule has 8 heteroatoms. The highest BCUT2D eigenvalue weighted by molar-refractivity contribution is 6.02. The molecule has 0 aliphatic heterocycles. The van der Waals surface area contributed by atoms with Gasteiger partial charge in [0, 0.05) is 29.6 Å². The summed E-state index contributed by atoms with van der Waals surface area (Å²) >= 11 is 0. The Bertz CT molecular complexity index is 988. The summed E-state index contributed by atoms with van der Waals surface area (Å²) in [6, 6.07) is 8.50. The number of aromatic amines is 1. The van der Waals surface area contributed by atoms with Gasteiger partial charge in [0.25, 0.3) is 11.5 Å². The molecule has 1 amide bonds. The molecule has 27 heavy (non-hydrogen) atoms. The lowest BCUT2D eigenvalue weighted by Crippen LogP contribution is -2.12. The lowest BCUT2D eigenvalue weighted by atomic mass is 10.1.